The van der Waals surface area contributed by atoms with Crippen molar-refractivity contribution in [1.29, 1.82) is 0 Å². The molecule has 2 aromatic rings. The van der Waals surface area contributed by atoms with Crippen molar-refractivity contribution in [3.8, 4) is 0 Å². The molecule has 0 aromatic heterocycles. The summed E-state index contributed by atoms with van der Waals surface area (Å²) in [5, 5.41) is 14.0. The van der Waals surface area contributed by atoms with E-state index in [4.69, 9.17) is 0 Å². The number of aliphatic hydroxyl groups excluding tert-OH is 1. The predicted molar refractivity (Wildman–Crippen MR) is 83.4 cm³/mol. The van der Waals surface area contributed by atoms with Crippen molar-refractivity contribution in [2.75, 3.05) is 13.1 Å². The SMILES string of the molecule is O=C1c2ccccc2C(O)N1[C@@H]1CNC[C@H]1c1ccccc1. The average molecular weight is 294 g/mol. The third-order valence-corrected chi connectivity index (χ3v) is 4.73. The molecule has 1 amide bonds. The maximum atomic E-state index is 12.7. The summed E-state index contributed by atoms with van der Waals surface area (Å²) in [6.45, 7) is 1.53. The van der Waals surface area contributed by atoms with Crippen LogP contribution >= 0.6 is 0 Å². The minimum absolute atomic E-state index is 0.0303. The zero-order chi connectivity index (χ0) is 15.1. The topological polar surface area (TPSA) is 52.6 Å². The van der Waals surface area contributed by atoms with E-state index in [0.717, 1.165) is 6.54 Å². The van der Waals surface area contributed by atoms with Gasteiger partial charge in [-0.05, 0) is 11.6 Å². The van der Waals surface area contributed by atoms with Gasteiger partial charge in [-0.25, -0.2) is 0 Å². The first-order valence-corrected chi connectivity index (χ1v) is 7.62. The molecule has 2 N–H and O–H groups in total. The van der Waals surface area contributed by atoms with Crippen molar-refractivity contribution < 1.29 is 9.90 Å². The number of hydrogen-bond donors (Lipinski definition) is 2. The molecule has 1 saturated heterocycles. The zero-order valence-corrected chi connectivity index (χ0v) is 12.1. The quantitative estimate of drug-likeness (QED) is 0.889. The molecular weight excluding hydrogens is 276 g/mol. The first-order chi connectivity index (χ1) is 10.8. The van der Waals surface area contributed by atoms with Crippen molar-refractivity contribution in [3.63, 3.8) is 0 Å². The van der Waals surface area contributed by atoms with E-state index >= 15 is 0 Å². The van der Waals surface area contributed by atoms with Crippen LogP contribution in [0.4, 0.5) is 0 Å². The minimum Gasteiger partial charge on any atom is -0.369 e. The molecule has 0 saturated carbocycles. The Morgan fingerprint density at radius 1 is 1.00 bits per heavy atom. The standard InChI is InChI=1S/C18H18N2O2/c21-17-13-8-4-5-9-14(13)18(22)20(17)16-11-19-10-15(16)12-6-2-1-3-7-12/h1-9,15-17,19,21H,10-11H2/t15-,16+,17?/m0/s1. The number of aliphatic hydroxyl groups is 1. The molecule has 0 radical (unpaired) electrons. The Bertz CT molecular complexity index is 701. The van der Waals surface area contributed by atoms with E-state index in [2.05, 4.69) is 17.4 Å². The van der Waals surface area contributed by atoms with E-state index in [0.29, 0.717) is 17.7 Å². The van der Waals surface area contributed by atoms with Crippen molar-refractivity contribution in [2.24, 2.45) is 0 Å². The minimum atomic E-state index is -0.847. The van der Waals surface area contributed by atoms with Crippen molar-refractivity contribution >= 4 is 5.91 Å². The molecule has 112 valence electrons. The van der Waals surface area contributed by atoms with Crippen LogP contribution in [-0.2, 0) is 0 Å². The first kappa shape index (κ1) is 13.5. The van der Waals surface area contributed by atoms with Crippen LogP contribution in [0.15, 0.2) is 54.6 Å². The second-order valence-electron chi connectivity index (χ2n) is 5.92. The predicted octanol–water partition coefficient (Wildman–Crippen LogP) is 1.89. The molecule has 2 aromatic carbocycles. The lowest BCUT2D eigenvalue weighted by Crippen LogP contribution is -2.42. The number of carbonyl (C=O) groups excluding carboxylic acids is 1. The summed E-state index contributed by atoms with van der Waals surface area (Å²) in [5.41, 5.74) is 2.54. The number of fused-ring (bicyclic) bond motifs is 1. The molecule has 0 bridgehead atoms. The van der Waals surface area contributed by atoms with Crippen LogP contribution in [0.25, 0.3) is 0 Å². The third-order valence-electron chi connectivity index (χ3n) is 4.73. The summed E-state index contributed by atoms with van der Waals surface area (Å²) in [5.74, 6) is 0.131. The summed E-state index contributed by atoms with van der Waals surface area (Å²) >= 11 is 0. The Morgan fingerprint density at radius 2 is 1.73 bits per heavy atom. The van der Waals surface area contributed by atoms with Gasteiger partial charge in [0.05, 0.1) is 6.04 Å². The summed E-state index contributed by atoms with van der Waals surface area (Å²) in [6, 6.07) is 17.5. The number of rotatable bonds is 2. The Morgan fingerprint density at radius 3 is 2.50 bits per heavy atom. The van der Waals surface area contributed by atoms with Crippen LogP contribution < -0.4 is 5.32 Å². The molecule has 2 aliphatic rings. The fourth-order valence-electron chi connectivity index (χ4n) is 3.65. The summed E-state index contributed by atoms with van der Waals surface area (Å²) in [4.78, 5) is 14.4. The average Bonchev–Trinajstić information content (AvgIpc) is 3.13. The number of nitrogens with zero attached hydrogens (tertiary/aromatic N) is 1. The van der Waals surface area contributed by atoms with E-state index in [9.17, 15) is 9.90 Å². The van der Waals surface area contributed by atoms with Gasteiger partial charge < -0.3 is 15.3 Å². The molecule has 1 unspecified atom stereocenters. The van der Waals surface area contributed by atoms with Gasteiger partial charge in [0.1, 0.15) is 0 Å². The monoisotopic (exact) mass is 294 g/mol. The molecule has 4 rings (SSSR count). The highest BCUT2D eigenvalue weighted by atomic mass is 16.3. The lowest BCUT2D eigenvalue weighted by atomic mass is 9.93. The molecule has 4 heteroatoms. The lowest BCUT2D eigenvalue weighted by Gasteiger charge is -2.31. The smallest absolute Gasteiger partial charge is 0.256 e. The van der Waals surface area contributed by atoms with Gasteiger partial charge >= 0.3 is 0 Å². The van der Waals surface area contributed by atoms with Crippen LogP contribution in [-0.4, -0.2) is 35.0 Å². The van der Waals surface area contributed by atoms with Gasteiger partial charge in [-0.1, -0.05) is 48.5 Å². The second kappa shape index (κ2) is 5.23. The van der Waals surface area contributed by atoms with Crippen LogP contribution in [0.3, 0.4) is 0 Å². The first-order valence-electron chi connectivity index (χ1n) is 7.62. The molecule has 4 nitrogen and oxygen atoms in total. The van der Waals surface area contributed by atoms with Crippen LogP contribution in [0, 0.1) is 0 Å². The van der Waals surface area contributed by atoms with Crippen LogP contribution in [0.1, 0.15) is 33.6 Å². The van der Waals surface area contributed by atoms with Crippen LogP contribution in [0.2, 0.25) is 0 Å². The van der Waals surface area contributed by atoms with E-state index in [1.165, 1.54) is 5.56 Å². The van der Waals surface area contributed by atoms with Crippen molar-refractivity contribution in [2.45, 2.75) is 18.2 Å². The van der Waals surface area contributed by atoms with Gasteiger partial charge in [-0.3, -0.25) is 4.79 Å². The fourth-order valence-corrected chi connectivity index (χ4v) is 3.65. The maximum absolute atomic E-state index is 12.7. The summed E-state index contributed by atoms with van der Waals surface area (Å²) in [6.07, 6.45) is -0.847. The number of nitrogens with one attached hydrogen (secondary N) is 1. The van der Waals surface area contributed by atoms with E-state index in [1.807, 2.05) is 36.4 Å². The molecule has 2 aliphatic heterocycles. The number of benzene rings is 2. The molecule has 1 fully saturated rings. The highest BCUT2D eigenvalue weighted by Crippen LogP contribution is 2.38. The molecule has 2 heterocycles. The second-order valence-corrected chi connectivity index (χ2v) is 5.92. The molecule has 0 aliphatic carbocycles. The van der Waals surface area contributed by atoms with Crippen molar-refractivity contribution in [1.82, 2.24) is 10.2 Å². The Labute approximate surface area is 129 Å². The summed E-state index contributed by atoms with van der Waals surface area (Å²) < 4.78 is 0. The van der Waals surface area contributed by atoms with E-state index in [-0.39, 0.29) is 17.9 Å². The molecular formula is C18H18N2O2. The van der Waals surface area contributed by atoms with Gasteiger partial charge in [-0.2, -0.15) is 0 Å². The van der Waals surface area contributed by atoms with Gasteiger partial charge in [0, 0.05) is 30.1 Å². The number of carbonyl (C=O) groups is 1. The maximum Gasteiger partial charge on any atom is 0.256 e. The van der Waals surface area contributed by atoms with E-state index < -0.39 is 6.23 Å². The molecule has 0 spiro atoms. The van der Waals surface area contributed by atoms with Crippen molar-refractivity contribution in [3.05, 3.63) is 71.3 Å². The Kier molecular flexibility index (Phi) is 3.21. The highest BCUT2D eigenvalue weighted by Gasteiger charge is 2.44. The molecule has 22 heavy (non-hydrogen) atoms. The van der Waals surface area contributed by atoms with Gasteiger partial charge in [0.2, 0.25) is 0 Å². The lowest BCUT2D eigenvalue weighted by molar-refractivity contribution is -0.00256. The van der Waals surface area contributed by atoms with Gasteiger partial charge in [0.15, 0.2) is 6.23 Å². The summed E-state index contributed by atoms with van der Waals surface area (Å²) in [7, 11) is 0. The fraction of sp³-hybridized carbons (Fsp3) is 0.278. The Balaban J connectivity index is 1.69. The Hall–Kier alpha value is -2.17. The highest BCUT2D eigenvalue weighted by molar-refractivity contribution is 5.99. The van der Waals surface area contributed by atoms with Gasteiger partial charge in [-0.15, -0.1) is 0 Å². The molecule has 3 atom stereocenters. The third kappa shape index (κ3) is 1.95. The van der Waals surface area contributed by atoms with Crippen LogP contribution in [0.5, 0.6) is 0 Å². The van der Waals surface area contributed by atoms with E-state index in [1.54, 1.807) is 11.0 Å². The van der Waals surface area contributed by atoms with Gasteiger partial charge in [0.25, 0.3) is 5.91 Å². The zero-order valence-electron chi connectivity index (χ0n) is 12.1. The number of amides is 1. The normalized spacial score (nSPS) is 27.2. The largest absolute Gasteiger partial charge is 0.369 e. The number of hydrogen-bond acceptors (Lipinski definition) is 3.